The third-order valence-electron chi connectivity index (χ3n) is 1.57. The van der Waals surface area contributed by atoms with Gasteiger partial charge in [0.1, 0.15) is 10.8 Å². The Balaban J connectivity index is 3.06. The van der Waals surface area contributed by atoms with Crippen molar-refractivity contribution in [2.24, 2.45) is 5.73 Å². The standard InChI is InChI=1S/C8H9F2NOS/c9-8(10)13(12)7-4-2-1-3-6(7)5-11/h1-4,8H,5,11H2. The number of benzene rings is 1. The summed E-state index contributed by atoms with van der Waals surface area (Å²) >= 11 is 0. The molecule has 2 nitrogen and oxygen atoms in total. The van der Waals surface area contributed by atoms with Crippen molar-refractivity contribution < 1.29 is 13.0 Å². The van der Waals surface area contributed by atoms with Crippen molar-refractivity contribution in [2.45, 2.75) is 17.2 Å². The zero-order valence-corrected chi connectivity index (χ0v) is 7.56. The Labute approximate surface area is 77.2 Å². The van der Waals surface area contributed by atoms with E-state index in [9.17, 15) is 13.0 Å². The Morgan fingerprint density at radius 3 is 2.54 bits per heavy atom. The lowest BCUT2D eigenvalue weighted by Crippen LogP contribution is -2.08. The summed E-state index contributed by atoms with van der Waals surface area (Å²) in [6.07, 6.45) is 0. The second-order valence-corrected chi connectivity index (χ2v) is 3.76. The van der Waals surface area contributed by atoms with Crippen LogP contribution in [0.5, 0.6) is 0 Å². The summed E-state index contributed by atoms with van der Waals surface area (Å²) < 4.78 is 35.2. The van der Waals surface area contributed by atoms with E-state index in [0.717, 1.165) is 0 Å². The first kappa shape index (κ1) is 10.3. The van der Waals surface area contributed by atoms with E-state index in [4.69, 9.17) is 5.73 Å². The summed E-state index contributed by atoms with van der Waals surface area (Å²) in [6.45, 7) is 0.120. The maximum absolute atomic E-state index is 12.1. The van der Waals surface area contributed by atoms with E-state index >= 15 is 0 Å². The summed E-state index contributed by atoms with van der Waals surface area (Å²) in [7, 11) is -2.26. The number of nitrogens with two attached hydrogens (primary N) is 1. The van der Waals surface area contributed by atoms with Gasteiger partial charge in [0.25, 0.3) is 0 Å². The molecule has 0 bridgehead atoms. The topological polar surface area (TPSA) is 43.1 Å². The fourth-order valence-electron chi connectivity index (χ4n) is 0.965. The number of rotatable bonds is 3. The highest BCUT2D eigenvalue weighted by Crippen LogP contribution is 2.17. The predicted molar refractivity (Wildman–Crippen MR) is 46.7 cm³/mol. The first-order chi connectivity index (χ1) is 6.16. The maximum Gasteiger partial charge on any atom is 0.316 e. The van der Waals surface area contributed by atoms with Crippen molar-refractivity contribution in [3.8, 4) is 0 Å². The fraction of sp³-hybridized carbons (Fsp3) is 0.250. The highest BCUT2D eigenvalue weighted by molar-refractivity contribution is 7.85. The van der Waals surface area contributed by atoms with Crippen LogP contribution in [0, 0.1) is 0 Å². The van der Waals surface area contributed by atoms with Gasteiger partial charge in [-0.2, -0.15) is 8.78 Å². The summed E-state index contributed by atoms with van der Waals surface area (Å²) in [5.74, 6) is -2.85. The molecule has 1 atom stereocenters. The molecule has 0 aliphatic rings. The first-order valence-electron chi connectivity index (χ1n) is 3.63. The zero-order chi connectivity index (χ0) is 9.84. The molecule has 1 unspecified atom stereocenters. The first-order valence-corrected chi connectivity index (χ1v) is 4.85. The monoisotopic (exact) mass is 205 g/mol. The summed E-state index contributed by atoms with van der Waals surface area (Å²) in [4.78, 5) is 0.125. The normalized spacial score (nSPS) is 13.2. The van der Waals surface area contributed by atoms with Crippen molar-refractivity contribution in [3.05, 3.63) is 29.8 Å². The molecule has 1 aromatic carbocycles. The van der Waals surface area contributed by atoms with Gasteiger partial charge in [0, 0.05) is 11.4 Å². The van der Waals surface area contributed by atoms with Crippen molar-refractivity contribution in [1.29, 1.82) is 0 Å². The van der Waals surface area contributed by atoms with Crippen LogP contribution in [-0.2, 0) is 17.3 Å². The lowest BCUT2D eigenvalue weighted by atomic mass is 10.2. The van der Waals surface area contributed by atoms with Crippen LogP contribution in [0.15, 0.2) is 29.2 Å². The van der Waals surface area contributed by atoms with Gasteiger partial charge in [-0.1, -0.05) is 18.2 Å². The van der Waals surface area contributed by atoms with Crippen molar-refractivity contribution in [3.63, 3.8) is 0 Å². The molecule has 0 heterocycles. The summed E-state index contributed by atoms with van der Waals surface area (Å²) in [5, 5.41) is 0. The highest BCUT2D eigenvalue weighted by Gasteiger charge is 2.17. The van der Waals surface area contributed by atoms with Crippen LogP contribution in [0.1, 0.15) is 5.56 Å². The van der Waals surface area contributed by atoms with Crippen molar-refractivity contribution in [1.82, 2.24) is 0 Å². The highest BCUT2D eigenvalue weighted by atomic mass is 32.2. The van der Waals surface area contributed by atoms with Gasteiger partial charge in [-0.05, 0) is 11.6 Å². The Bertz CT molecular complexity index is 317. The number of hydrogen-bond donors (Lipinski definition) is 1. The van der Waals surface area contributed by atoms with Crippen molar-refractivity contribution in [2.75, 3.05) is 0 Å². The molecular weight excluding hydrogens is 196 g/mol. The van der Waals surface area contributed by atoms with Gasteiger partial charge in [-0.25, -0.2) is 4.21 Å². The Morgan fingerprint density at radius 2 is 2.00 bits per heavy atom. The average Bonchev–Trinajstić information content (AvgIpc) is 2.16. The molecule has 1 rings (SSSR count). The number of halogens is 2. The van der Waals surface area contributed by atoms with E-state index in [2.05, 4.69) is 0 Å². The Morgan fingerprint density at radius 1 is 1.38 bits per heavy atom. The van der Waals surface area contributed by atoms with Crippen LogP contribution < -0.4 is 5.73 Å². The fourth-order valence-corrected chi connectivity index (χ4v) is 1.78. The summed E-state index contributed by atoms with van der Waals surface area (Å²) in [5.41, 5.74) is 5.81. The van der Waals surface area contributed by atoms with E-state index in [1.807, 2.05) is 0 Å². The lowest BCUT2D eigenvalue weighted by molar-refractivity contribution is 0.244. The molecule has 0 aliphatic carbocycles. The van der Waals surface area contributed by atoms with E-state index < -0.39 is 16.6 Å². The SMILES string of the molecule is NCc1ccccc1S(=O)C(F)F. The van der Waals surface area contributed by atoms with Crippen LogP contribution in [0.3, 0.4) is 0 Å². The van der Waals surface area contributed by atoms with Crippen molar-refractivity contribution >= 4 is 10.8 Å². The second kappa shape index (κ2) is 4.43. The number of hydrogen-bond acceptors (Lipinski definition) is 2. The third kappa shape index (κ3) is 2.32. The Kier molecular flexibility index (Phi) is 3.50. The third-order valence-corrected chi connectivity index (χ3v) is 2.73. The molecule has 0 saturated heterocycles. The molecule has 5 heteroatoms. The summed E-state index contributed by atoms with van der Waals surface area (Å²) in [6, 6.07) is 6.24. The molecule has 1 aromatic rings. The molecule has 0 radical (unpaired) electrons. The quantitative estimate of drug-likeness (QED) is 0.812. The van der Waals surface area contributed by atoms with Gasteiger partial charge in [-0.3, -0.25) is 0 Å². The predicted octanol–water partition coefficient (Wildman–Crippen LogP) is 1.48. The van der Waals surface area contributed by atoms with E-state index in [-0.39, 0.29) is 11.4 Å². The van der Waals surface area contributed by atoms with Gasteiger partial charge in [0.15, 0.2) is 0 Å². The van der Waals surface area contributed by atoms with Gasteiger partial charge in [0.05, 0.1) is 0 Å². The lowest BCUT2D eigenvalue weighted by Gasteiger charge is -2.05. The molecule has 0 amide bonds. The maximum atomic E-state index is 12.1. The Hall–Kier alpha value is -0.810. The van der Waals surface area contributed by atoms with Gasteiger partial charge in [-0.15, -0.1) is 0 Å². The zero-order valence-electron chi connectivity index (χ0n) is 6.74. The van der Waals surface area contributed by atoms with Crippen LogP contribution >= 0.6 is 0 Å². The van der Waals surface area contributed by atoms with E-state index in [1.165, 1.54) is 6.07 Å². The minimum atomic E-state index is -2.85. The number of alkyl halides is 2. The molecule has 0 spiro atoms. The molecule has 2 N–H and O–H groups in total. The van der Waals surface area contributed by atoms with Crippen LogP contribution in [0.4, 0.5) is 8.78 Å². The molecule has 0 aromatic heterocycles. The molecule has 0 fully saturated rings. The van der Waals surface area contributed by atoms with Crippen LogP contribution in [0.25, 0.3) is 0 Å². The van der Waals surface area contributed by atoms with Gasteiger partial charge >= 0.3 is 5.76 Å². The molecular formula is C8H9F2NOS. The van der Waals surface area contributed by atoms with Gasteiger partial charge in [0.2, 0.25) is 0 Å². The molecule has 0 saturated carbocycles. The van der Waals surface area contributed by atoms with E-state index in [0.29, 0.717) is 5.56 Å². The van der Waals surface area contributed by atoms with Crippen LogP contribution in [-0.4, -0.2) is 9.97 Å². The van der Waals surface area contributed by atoms with E-state index in [1.54, 1.807) is 18.2 Å². The minimum absolute atomic E-state index is 0.120. The smallest absolute Gasteiger partial charge is 0.316 e. The molecule has 72 valence electrons. The minimum Gasteiger partial charge on any atom is -0.326 e. The second-order valence-electron chi connectivity index (χ2n) is 2.37. The average molecular weight is 205 g/mol. The molecule has 0 aliphatic heterocycles. The van der Waals surface area contributed by atoms with Crippen LogP contribution in [0.2, 0.25) is 0 Å². The molecule has 13 heavy (non-hydrogen) atoms. The van der Waals surface area contributed by atoms with Gasteiger partial charge < -0.3 is 5.73 Å². The largest absolute Gasteiger partial charge is 0.326 e.